The van der Waals surface area contributed by atoms with Crippen molar-refractivity contribution < 1.29 is 24.1 Å². The minimum Gasteiger partial charge on any atom is -0.361 e. The molecule has 0 unspecified atom stereocenters. The summed E-state index contributed by atoms with van der Waals surface area (Å²) >= 11 is 6.00. The Hall–Kier alpha value is -4.01. The average Bonchev–Trinajstić information content (AvgIpc) is 3.60. The largest absolute Gasteiger partial charge is 0.361 e. The molecule has 184 valence electrons. The maximum Gasteiger partial charge on any atom is 0.291 e. The highest BCUT2D eigenvalue weighted by atomic mass is 35.5. The van der Waals surface area contributed by atoms with E-state index in [-0.39, 0.29) is 16.6 Å². The van der Waals surface area contributed by atoms with Gasteiger partial charge in [-0.25, -0.2) is 9.29 Å². The van der Waals surface area contributed by atoms with Crippen LogP contribution in [0.25, 0.3) is 10.9 Å². The number of hydrogen-bond donors (Lipinski definition) is 3. The Bertz CT molecular complexity index is 1650. The fourth-order valence-corrected chi connectivity index (χ4v) is 6.72. The van der Waals surface area contributed by atoms with Crippen LogP contribution in [-0.2, 0) is 26.3 Å². The topological polar surface area (TPSA) is 98.9 Å². The van der Waals surface area contributed by atoms with E-state index in [0.717, 1.165) is 27.4 Å². The first-order valence-electron chi connectivity index (χ1n) is 12.0. The van der Waals surface area contributed by atoms with Crippen LogP contribution in [0.4, 0.5) is 15.8 Å². The van der Waals surface area contributed by atoms with Crippen LogP contribution < -0.4 is 15.5 Å². The van der Waals surface area contributed by atoms with E-state index >= 15 is 0 Å². The van der Waals surface area contributed by atoms with Crippen LogP contribution in [0.15, 0.2) is 72.9 Å². The Morgan fingerprint density at radius 2 is 1.78 bits per heavy atom. The number of para-hydroxylation sites is 2. The maximum atomic E-state index is 14.0. The van der Waals surface area contributed by atoms with Crippen LogP contribution in [0.1, 0.15) is 11.1 Å². The summed E-state index contributed by atoms with van der Waals surface area (Å²) in [5, 5.41) is 5.69. The third kappa shape index (κ3) is 2.94. The molecular weight excluding hydrogens is 495 g/mol. The van der Waals surface area contributed by atoms with Gasteiger partial charge in [-0.3, -0.25) is 14.4 Å². The zero-order valence-corrected chi connectivity index (χ0v) is 20.1. The van der Waals surface area contributed by atoms with Gasteiger partial charge in [0.15, 0.2) is 0 Å². The first kappa shape index (κ1) is 22.2. The number of carbonyl (C=O) groups excluding carboxylic acids is 3. The molecule has 3 aliphatic heterocycles. The molecule has 1 aromatic heterocycles. The van der Waals surface area contributed by atoms with Crippen molar-refractivity contribution in [3.8, 4) is 0 Å². The molecule has 7 rings (SSSR count). The summed E-state index contributed by atoms with van der Waals surface area (Å²) in [6.07, 6.45) is 2.39. The summed E-state index contributed by atoms with van der Waals surface area (Å²) in [6, 6.07) is 18.6. The Kier molecular flexibility index (Phi) is 4.65. The van der Waals surface area contributed by atoms with Crippen LogP contribution in [0.5, 0.6) is 0 Å². The van der Waals surface area contributed by atoms with Crippen molar-refractivity contribution in [2.45, 2.75) is 18.0 Å². The molecular formula is C28H21ClFN4O3+. The van der Waals surface area contributed by atoms with Crippen molar-refractivity contribution in [1.29, 1.82) is 0 Å². The van der Waals surface area contributed by atoms with Gasteiger partial charge in [0, 0.05) is 29.1 Å². The number of fused-ring (bicyclic) bond motifs is 5. The molecule has 0 radical (unpaired) electrons. The molecule has 0 saturated carbocycles. The van der Waals surface area contributed by atoms with Crippen LogP contribution in [-0.4, -0.2) is 28.7 Å². The van der Waals surface area contributed by atoms with Crippen molar-refractivity contribution in [1.82, 2.24) is 4.98 Å². The number of aromatic amines is 1. The standard InChI is InChI=1S/C28H20ClFN4O3/c29-18-12-15(9-10-19(18)30)34-25(35)23-22(11-14-13-31-20-7-3-1-5-16(14)20)33-28(24(23)26(34)36)17-6-2-4-8-21(17)32-27(28)37/h1-10,12-13,22-24,31,33H,11H2,(H,32,37)/p+1/t22-,23-,24-,28-/m0/s1. The SMILES string of the molecule is O=C1[C@H]2[C@H](Cc3c[nH]c4ccccc34)[NH2+][C@]3(C(=O)Nc4ccccc43)[C@@H]2C(=O)N1c1ccc(F)c(Cl)c1. The van der Waals surface area contributed by atoms with Gasteiger partial charge in [-0.1, -0.05) is 48.0 Å². The van der Waals surface area contributed by atoms with Gasteiger partial charge in [0.25, 0.3) is 5.91 Å². The molecule has 0 bridgehead atoms. The maximum absolute atomic E-state index is 14.0. The number of carbonyl (C=O) groups is 3. The average molecular weight is 516 g/mol. The smallest absolute Gasteiger partial charge is 0.291 e. The first-order chi connectivity index (χ1) is 17.9. The lowest BCUT2D eigenvalue weighted by atomic mass is 9.76. The first-order valence-corrected chi connectivity index (χ1v) is 12.4. The molecule has 4 N–H and O–H groups in total. The number of rotatable bonds is 3. The Balaban J connectivity index is 1.38. The van der Waals surface area contributed by atoms with Crippen LogP contribution in [0.3, 0.4) is 0 Å². The molecule has 4 aromatic rings. The van der Waals surface area contributed by atoms with Crippen LogP contribution in [0, 0.1) is 17.7 Å². The zero-order valence-electron chi connectivity index (χ0n) is 19.4. The predicted octanol–water partition coefficient (Wildman–Crippen LogP) is 3.10. The highest BCUT2D eigenvalue weighted by Crippen LogP contribution is 2.50. The van der Waals surface area contributed by atoms with E-state index in [9.17, 15) is 18.8 Å². The lowest BCUT2D eigenvalue weighted by molar-refractivity contribution is -0.733. The normalized spacial score (nSPS) is 26.3. The van der Waals surface area contributed by atoms with Gasteiger partial charge in [-0.15, -0.1) is 0 Å². The number of nitrogens with zero attached hydrogens (tertiary/aromatic N) is 1. The van der Waals surface area contributed by atoms with E-state index in [1.807, 2.05) is 54.0 Å². The molecule has 4 atom stereocenters. The van der Waals surface area contributed by atoms with Gasteiger partial charge >= 0.3 is 0 Å². The van der Waals surface area contributed by atoms with E-state index in [4.69, 9.17) is 11.6 Å². The number of hydrogen-bond acceptors (Lipinski definition) is 3. The molecule has 4 heterocycles. The van der Waals surface area contributed by atoms with E-state index in [2.05, 4.69) is 10.3 Å². The Labute approximate surface area is 215 Å². The number of amides is 3. The van der Waals surface area contributed by atoms with Crippen LogP contribution in [0.2, 0.25) is 5.02 Å². The van der Waals surface area contributed by atoms with Crippen molar-refractivity contribution >= 4 is 51.6 Å². The molecule has 37 heavy (non-hydrogen) atoms. The van der Waals surface area contributed by atoms with Crippen molar-refractivity contribution in [3.05, 3.63) is 94.9 Å². The number of benzene rings is 3. The molecule has 9 heteroatoms. The summed E-state index contributed by atoms with van der Waals surface area (Å²) < 4.78 is 13.9. The van der Waals surface area contributed by atoms with Gasteiger partial charge in [-0.2, -0.15) is 0 Å². The number of quaternary nitrogens is 1. The second-order valence-electron chi connectivity index (χ2n) is 9.88. The van der Waals surface area contributed by atoms with Gasteiger partial charge in [0.05, 0.1) is 16.4 Å². The predicted molar refractivity (Wildman–Crippen MR) is 135 cm³/mol. The van der Waals surface area contributed by atoms with E-state index in [0.29, 0.717) is 17.7 Å². The van der Waals surface area contributed by atoms with Gasteiger partial charge in [0.2, 0.25) is 17.4 Å². The molecule has 7 nitrogen and oxygen atoms in total. The fourth-order valence-electron chi connectivity index (χ4n) is 6.54. The molecule has 3 aromatic carbocycles. The van der Waals surface area contributed by atoms with Crippen LogP contribution >= 0.6 is 11.6 Å². The molecule has 2 saturated heterocycles. The van der Waals surface area contributed by atoms with Gasteiger partial charge < -0.3 is 15.6 Å². The van der Waals surface area contributed by atoms with Gasteiger partial charge in [-0.05, 0) is 35.9 Å². The summed E-state index contributed by atoms with van der Waals surface area (Å²) in [6.45, 7) is 0. The monoisotopic (exact) mass is 515 g/mol. The third-order valence-corrected chi connectivity index (χ3v) is 8.36. The highest BCUT2D eigenvalue weighted by molar-refractivity contribution is 6.31. The van der Waals surface area contributed by atoms with E-state index < -0.39 is 41.0 Å². The quantitative estimate of drug-likeness (QED) is 0.366. The zero-order chi connectivity index (χ0) is 25.5. The number of aromatic nitrogens is 1. The fraction of sp³-hybridized carbons (Fsp3) is 0.179. The highest BCUT2D eigenvalue weighted by Gasteiger charge is 2.74. The number of H-pyrrole nitrogens is 1. The number of anilines is 2. The Morgan fingerprint density at radius 1 is 1.00 bits per heavy atom. The van der Waals surface area contributed by atoms with Crippen molar-refractivity contribution in [2.75, 3.05) is 10.2 Å². The lowest BCUT2D eigenvalue weighted by Crippen LogP contribution is -2.99. The molecule has 2 fully saturated rings. The summed E-state index contributed by atoms with van der Waals surface area (Å²) in [5.41, 5.74) is 2.22. The summed E-state index contributed by atoms with van der Waals surface area (Å²) in [7, 11) is 0. The molecule has 1 spiro atoms. The van der Waals surface area contributed by atoms with E-state index in [1.54, 1.807) is 6.07 Å². The number of halogens is 2. The molecule has 3 amide bonds. The van der Waals surface area contributed by atoms with Crippen molar-refractivity contribution in [2.24, 2.45) is 11.8 Å². The third-order valence-electron chi connectivity index (χ3n) is 8.07. The lowest BCUT2D eigenvalue weighted by Gasteiger charge is -2.26. The van der Waals surface area contributed by atoms with E-state index in [1.165, 1.54) is 12.1 Å². The second kappa shape index (κ2) is 7.74. The molecule has 3 aliphatic rings. The summed E-state index contributed by atoms with van der Waals surface area (Å²) in [4.78, 5) is 46.0. The van der Waals surface area contributed by atoms with Crippen molar-refractivity contribution in [3.63, 3.8) is 0 Å². The minimum absolute atomic E-state index is 0.185. The van der Waals surface area contributed by atoms with Gasteiger partial charge in [0.1, 0.15) is 23.7 Å². The number of nitrogens with one attached hydrogen (secondary N) is 2. The Morgan fingerprint density at radius 3 is 2.62 bits per heavy atom. The molecule has 0 aliphatic carbocycles. The minimum atomic E-state index is -1.29. The summed E-state index contributed by atoms with van der Waals surface area (Å²) in [5.74, 6) is -3.54. The number of imide groups is 1. The second-order valence-corrected chi connectivity index (χ2v) is 10.3. The number of nitrogens with two attached hydrogens (primary N) is 1.